The van der Waals surface area contributed by atoms with Gasteiger partial charge in [0.25, 0.3) is 0 Å². The van der Waals surface area contributed by atoms with E-state index >= 15 is 0 Å². The van der Waals surface area contributed by atoms with Gasteiger partial charge in [-0.25, -0.2) is 4.98 Å². The van der Waals surface area contributed by atoms with Crippen LogP contribution in [0.25, 0.3) is 0 Å². The van der Waals surface area contributed by atoms with Crippen molar-refractivity contribution < 1.29 is 4.79 Å². The Kier molecular flexibility index (Phi) is 6.44. The lowest BCUT2D eigenvalue weighted by Gasteiger charge is -2.05. The van der Waals surface area contributed by atoms with Crippen LogP contribution >= 0.6 is 0 Å². The number of nitriles is 1. The molecule has 0 radical (unpaired) electrons. The molecule has 0 aromatic carbocycles. The highest BCUT2D eigenvalue weighted by Crippen LogP contribution is 2.00. The number of rotatable bonds is 7. The van der Waals surface area contributed by atoms with Gasteiger partial charge in [0, 0.05) is 32.3 Å². The Morgan fingerprint density at radius 1 is 1.50 bits per heavy atom. The van der Waals surface area contributed by atoms with Crippen molar-refractivity contribution in [3.8, 4) is 6.07 Å². The van der Waals surface area contributed by atoms with Gasteiger partial charge < -0.3 is 10.6 Å². The van der Waals surface area contributed by atoms with Gasteiger partial charge in [-0.05, 0) is 24.1 Å². The molecule has 0 saturated heterocycles. The number of hydrogen-bond donors (Lipinski definition) is 2. The van der Waals surface area contributed by atoms with Crippen LogP contribution in [0.2, 0.25) is 0 Å². The molecule has 1 aromatic heterocycles. The second-order valence-electron chi connectivity index (χ2n) is 3.94. The van der Waals surface area contributed by atoms with E-state index in [1.807, 2.05) is 19.1 Å². The maximum Gasteiger partial charge on any atom is 0.221 e. The first-order valence-electron chi connectivity index (χ1n) is 6.08. The summed E-state index contributed by atoms with van der Waals surface area (Å²) in [6.45, 7) is 4.02. The summed E-state index contributed by atoms with van der Waals surface area (Å²) in [6, 6.07) is 5.59. The molecule has 1 amide bonds. The van der Waals surface area contributed by atoms with E-state index in [-0.39, 0.29) is 5.91 Å². The molecule has 2 N–H and O–H groups in total. The fourth-order valence-electron chi connectivity index (χ4n) is 1.43. The molecule has 0 fully saturated rings. The zero-order valence-electron chi connectivity index (χ0n) is 10.6. The summed E-state index contributed by atoms with van der Waals surface area (Å²) in [7, 11) is 0. The largest absolute Gasteiger partial charge is 0.356 e. The highest BCUT2D eigenvalue weighted by Gasteiger charge is 2.00. The molecule has 18 heavy (non-hydrogen) atoms. The number of nitrogens with one attached hydrogen (secondary N) is 2. The Hall–Kier alpha value is -1.93. The molecular weight excluding hydrogens is 228 g/mol. The van der Waals surface area contributed by atoms with Crippen LogP contribution in [-0.2, 0) is 11.3 Å². The summed E-state index contributed by atoms with van der Waals surface area (Å²) in [4.78, 5) is 15.2. The van der Waals surface area contributed by atoms with Gasteiger partial charge >= 0.3 is 0 Å². The monoisotopic (exact) mass is 246 g/mol. The van der Waals surface area contributed by atoms with E-state index in [0.29, 0.717) is 25.2 Å². The number of amides is 1. The molecule has 0 aliphatic rings. The maximum absolute atomic E-state index is 11.3. The number of hydrogen-bond acceptors (Lipinski definition) is 4. The summed E-state index contributed by atoms with van der Waals surface area (Å²) < 4.78 is 0. The molecule has 0 saturated carbocycles. The lowest BCUT2D eigenvalue weighted by atomic mass is 10.2. The lowest BCUT2D eigenvalue weighted by Crippen LogP contribution is -2.28. The van der Waals surface area contributed by atoms with Gasteiger partial charge in [-0.3, -0.25) is 4.79 Å². The van der Waals surface area contributed by atoms with Gasteiger partial charge in [-0.1, -0.05) is 6.92 Å². The predicted molar refractivity (Wildman–Crippen MR) is 68.6 cm³/mol. The van der Waals surface area contributed by atoms with Crippen LogP contribution < -0.4 is 10.6 Å². The quantitative estimate of drug-likeness (QED) is 0.702. The summed E-state index contributed by atoms with van der Waals surface area (Å²) >= 11 is 0. The molecule has 1 rings (SSSR count). The van der Waals surface area contributed by atoms with Gasteiger partial charge in [0.2, 0.25) is 5.91 Å². The standard InChI is InChI=1S/C13H18N4O/c1-2-5-17-13(18)4-6-15-10-11-3-7-16-12(8-11)9-14/h3,7-8,15H,2,4-6,10H2,1H3,(H,17,18). The minimum Gasteiger partial charge on any atom is -0.356 e. The molecule has 0 spiro atoms. The Labute approximate surface area is 107 Å². The normalized spacial score (nSPS) is 9.78. The van der Waals surface area contributed by atoms with Gasteiger partial charge in [0.15, 0.2) is 0 Å². The molecular formula is C13H18N4O. The zero-order chi connectivity index (χ0) is 13.2. The van der Waals surface area contributed by atoms with Crippen LogP contribution in [0.5, 0.6) is 0 Å². The molecule has 0 aliphatic heterocycles. The molecule has 0 bridgehead atoms. The molecule has 0 atom stereocenters. The molecule has 1 heterocycles. The third-order valence-electron chi connectivity index (χ3n) is 2.37. The molecule has 5 nitrogen and oxygen atoms in total. The number of nitrogens with zero attached hydrogens (tertiary/aromatic N) is 2. The van der Waals surface area contributed by atoms with Crippen LogP contribution in [0.1, 0.15) is 31.0 Å². The first-order chi connectivity index (χ1) is 8.76. The Balaban J connectivity index is 2.21. The van der Waals surface area contributed by atoms with Crippen LogP contribution in [0.4, 0.5) is 0 Å². The summed E-state index contributed by atoms with van der Waals surface area (Å²) in [6.07, 6.45) is 3.03. The van der Waals surface area contributed by atoms with E-state index in [4.69, 9.17) is 5.26 Å². The van der Waals surface area contributed by atoms with Crippen molar-refractivity contribution in [3.05, 3.63) is 29.6 Å². The Morgan fingerprint density at radius 3 is 3.06 bits per heavy atom. The Morgan fingerprint density at radius 2 is 2.33 bits per heavy atom. The van der Waals surface area contributed by atoms with Crippen LogP contribution in [0.15, 0.2) is 18.3 Å². The first kappa shape index (κ1) is 14.1. The molecule has 5 heteroatoms. The van der Waals surface area contributed by atoms with E-state index < -0.39 is 0 Å². The van der Waals surface area contributed by atoms with Crippen molar-refractivity contribution in [3.63, 3.8) is 0 Å². The third kappa shape index (κ3) is 5.41. The zero-order valence-corrected chi connectivity index (χ0v) is 10.6. The minimum atomic E-state index is 0.0665. The van der Waals surface area contributed by atoms with E-state index in [1.54, 1.807) is 12.3 Å². The van der Waals surface area contributed by atoms with Gasteiger partial charge in [-0.2, -0.15) is 5.26 Å². The van der Waals surface area contributed by atoms with E-state index in [1.165, 1.54) is 0 Å². The van der Waals surface area contributed by atoms with Gasteiger partial charge in [0.1, 0.15) is 11.8 Å². The third-order valence-corrected chi connectivity index (χ3v) is 2.37. The molecule has 1 aromatic rings. The number of carbonyl (C=O) groups excluding carboxylic acids is 1. The number of carbonyl (C=O) groups is 1. The lowest BCUT2D eigenvalue weighted by molar-refractivity contribution is -0.120. The van der Waals surface area contributed by atoms with Crippen LogP contribution in [0, 0.1) is 11.3 Å². The maximum atomic E-state index is 11.3. The summed E-state index contributed by atoms with van der Waals surface area (Å²) in [5.41, 5.74) is 1.41. The van der Waals surface area contributed by atoms with E-state index in [0.717, 1.165) is 18.5 Å². The molecule has 96 valence electrons. The highest BCUT2D eigenvalue weighted by molar-refractivity contribution is 5.75. The van der Waals surface area contributed by atoms with Gasteiger partial charge in [0.05, 0.1) is 0 Å². The second kappa shape index (κ2) is 8.20. The average molecular weight is 246 g/mol. The second-order valence-corrected chi connectivity index (χ2v) is 3.94. The number of pyridine rings is 1. The summed E-state index contributed by atoms with van der Waals surface area (Å²) in [5, 5.41) is 14.7. The fourth-order valence-corrected chi connectivity index (χ4v) is 1.43. The van der Waals surface area contributed by atoms with E-state index in [2.05, 4.69) is 15.6 Å². The van der Waals surface area contributed by atoms with Crippen LogP contribution in [-0.4, -0.2) is 24.0 Å². The molecule has 0 unspecified atom stereocenters. The first-order valence-corrected chi connectivity index (χ1v) is 6.08. The summed E-state index contributed by atoms with van der Waals surface area (Å²) in [5.74, 6) is 0.0665. The van der Waals surface area contributed by atoms with Crippen molar-refractivity contribution in [2.75, 3.05) is 13.1 Å². The van der Waals surface area contributed by atoms with Crippen molar-refractivity contribution in [2.45, 2.75) is 26.3 Å². The highest BCUT2D eigenvalue weighted by atomic mass is 16.1. The topological polar surface area (TPSA) is 77.8 Å². The van der Waals surface area contributed by atoms with Crippen molar-refractivity contribution in [2.24, 2.45) is 0 Å². The minimum absolute atomic E-state index is 0.0665. The van der Waals surface area contributed by atoms with Crippen LogP contribution in [0.3, 0.4) is 0 Å². The fraction of sp³-hybridized carbons (Fsp3) is 0.462. The SMILES string of the molecule is CCCNC(=O)CCNCc1ccnc(C#N)c1. The number of aromatic nitrogens is 1. The predicted octanol–water partition coefficient (Wildman–Crippen LogP) is 0.959. The van der Waals surface area contributed by atoms with E-state index in [9.17, 15) is 4.79 Å². The average Bonchev–Trinajstić information content (AvgIpc) is 2.41. The Bertz CT molecular complexity index is 425. The van der Waals surface area contributed by atoms with Crippen molar-refractivity contribution >= 4 is 5.91 Å². The molecule has 0 aliphatic carbocycles. The van der Waals surface area contributed by atoms with Crippen molar-refractivity contribution in [1.29, 1.82) is 5.26 Å². The smallest absolute Gasteiger partial charge is 0.221 e. The van der Waals surface area contributed by atoms with Crippen molar-refractivity contribution in [1.82, 2.24) is 15.6 Å². The van der Waals surface area contributed by atoms with Gasteiger partial charge in [-0.15, -0.1) is 0 Å².